The topological polar surface area (TPSA) is 99.9 Å². The third kappa shape index (κ3) is 6.63. The number of aromatic nitrogens is 2. The van der Waals surface area contributed by atoms with Crippen LogP contribution in [0.3, 0.4) is 0 Å². The smallest absolute Gasteiger partial charge is 0.253 e. The van der Waals surface area contributed by atoms with E-state index < -0.39 is 16.1 Å². The number of sulfonamides is 1. The van der Waals surface area contributed by atoms with E-state index in [0.29, 0.717) is 18.8 Å². The maximum absolute atomic E-state index is 13.8. The molecule has 1 amide bonds. The Hall–Kier alpha value is -2.86. The highest BCUT2D eigenvalue weighted by Crippen LogP contribution is 2.29. The highest BCUT2D eigenvalue weighted by molar-refractivity contribution is 7.91. The second kappa shape index (κ2) is 13.4. The molecule has 220 valence electrons. The number of piperazine rings is 1. The van der Waals surface area contributed by atoms with E-state index in [1.54, 1.807) is 17.5 Å². The maximum Gasteiger partial charge on any atom is 0.253 e. The molecule has 4 heterocycles. The van der Waals surface area contributed by atoms with Gasteiger partial charge in [-0.15, -0.1) is 11.3 Å². The number of allylic oxidation sites excluding steroid dienone is 1. The van der Waals surface area contributed by atoms with Crippen LogP contribution in [0.5, 0.6) is 0 Å². The Morgan fingerprint density at radius 1 is 1.12 bits per heavy atom. The minimum absolute atomic E-state index is 0.267. The van der Waals surface area contributed by atoms with Crippen LogP contribution >= 0.6 is 11.3 Å². The number of anilines is 1. The molecular weight excluding hydrogens is 557 g/mol. The van der Waals surface area contributed by atoms with Crippen LogP contribution < -0.4 is 5.32 Å². The van der Waals surface area contributed by atoms with Gasteiger partial charge in [0.15, 0.2) is 0 Å². The quantitative estimate of drug-likeness (QED) is 0.274. The monoisotopic (exact) mass is 596 g/mol. The Balaban J connectivity index is 1.37. The standard InChI is InChI=1S/C30H40N6O3S2/c1-3-5-6-7-8-16-34-17-18-36(41(38,39)28-12-10-19-40-28)27(22-34)30(37)32-24-13-14-26-25(20-24)33-29(35(26)4-2)23-11-9-15-31-21-23/h10,12-15,19-21,27H,3-9,11,16-18,22H2,1-2H3,(H,32,37)/t27-/m0/s1. The lowest BCUT2D eigenvalue weighted by atomic mass is 10.1. The van der Waals surface area contributed by atoms with Gasteiger partial charge in [0.05, 0.1) is 11.0 Å². The lowest BCUT2D eigenvalue weighted by molar-refractivity contribution is -0.121. The predicted molar refractivity (Wildman–Crippen MR) is 167 cm³/mol. The van der Waals surface area contributed by atoms with Gasteiger partial charge in [-0.25, -0.2) is 13.4 Å². The fourth-order valence-corrected chi connectivity index (χ4v) is 8.35. The second-order valence-corrected chi connectivity index (χ2v) is 13.7. The maximum atomic E-state index is 13.8. The second-order valence-electron chi connectivity index (χ2n) is 10.7. The zero-order valence-corrected chi connectivity index (χ0v) is 25.6. The summed E-state index contributed by atoms with van der Waals surface area (Å²) in [5.41, 5.74) is 3.48. The van der Waals surface area contributed by atoms with Gasteiger partial charge < -0.3 is 9.88 Å². The fraction of sp³-hybridized carbons (Fsp3) is 0.500. The number of carbonyl (C=O) groups is 1. The number of thiophene rings is 1. The minimum atomic E-state index is -3.78. The van der Waals surface area contributed by atoms with E-state index in [0.717, 1.165) is 61.2 Å². The summed E-state index contributed by atoms with van der Waals surface area (Å²) < 4.78 is 31.0. The number of nitrogens with one attached hydrogen (secondary N) is 1. The largest absolute Gasteiger partial charge is 0.325 e. The van der Waals surface area contributed by atoms with Gasteiger partial charge in [0.2, 0.25) is 5.91 Å². The van der Waals surface area contributed by atoms with Crippen LogP contribution in [-0.4, -0.2) is 71.5 Å². The van der Waals surface area contributed by atoms with Crippen LogP contribution in [0, 0.1) is 0 Å². The van der Waals surface area contributed by atoms with Crippen molar-refractivity contribution < 1.29 is 13.2 Å². The number of aliphatic imine (C=N–C) groups is 1. The summed E-state index contributed by atoms with van der Waals surface area (Å²) in [6.07, 6.45) is 11.4. The number of aryl methyl sites for hydroxylation is 1. The molecular formula is C30H40N6O3S2. The van der Waals surface area contributed by atoms with Crippen LogP contribution in [0.4, 0.5) is 5.69 Å². The number of imidazole rings is 1. The molecule has 0 saturated carbocycles. The van der Waals surface area contributed by atoms with Gasteiger partial charge in [-0.3, -0.25) is 14.7 Å². The fourth-order valence-electron chi connectivity index (χ4n) is 5.66. The summed E-state index contributed by atoms with van der Waals surface area (Å²) in [7, 11) is -3.78. The molecule has 1 N–H and O–H groups in total. The van der Waals surface area contributed by atoms with E-state index in [1.807, 2.05) is 30.6 Å². The molecule has 1 fully saturated rings. The highest BCUT2D eigenvalue weighted by atomic mass is 32.2. The molecule has 1 atom stereocenters. The molecule has 2 aliphatic heterocycles. The van der Waals surface area contributed by atoms with Gasteiger partial charge in [0.1, 0.15) is 16.1 Å². The van der Waals surface area contributed by atoms with E-state index in [-0.39, 0.29) is 16.7 Å². The van der Waals surface area contributed by atoms with Crippen molar-refractivity contribution in [3.8, 4) is 0 Å². The Kier molecular flexibility index (Phi) is 9.69. The third-order valence-electron chi connectivity index (χ3n) is 7.85. The summed E-state index contributed by atoms with van der Waals surface area (Å²) in [6.45, 7) is 7.20. The Morgan fingerprint density at radius 3 is 2.71 bits per heavy atom. The zero-order valence-electron chi connectivity index (χ0n) is 24.0. The Labute approximate surface area is 247 Å². The molecule has 0 spiro atoms. The summed E-state index contributed by atoms with van der Waals surface area (Å²) in [4.78, 5) is 25.2. The summed E-state index contributed by atoms with van der Waals surface area (Å²) in [6, 6.07) is 8.24. The molecule has 1 saturated heterocycles. The number of carbonyl (C=O) groups excluding carboxylic acids is 1. The van der Waals surface area contributed by atoms with Crippen molar-refractivity contribution in [1.82, 2.24) is 18.8 Å². The van der Waals surface area contributed by atoms with Gasteiger partial charge in [-0.05, 0) is 62.4 Å². The number of unbranched alkanes of at least 4 members (excludes halogenated alkanes) is 4. The molecule has 41 heavy (non-hydrogen) atoms. The summed E-state index contributed by atoms with van der Waals surface area (Å²) >= 11 is 1.18. The van der Waals surface area contributed by atoms with Crippen LogP contribution in [0.2, 0.25) is 0 Å². The highest BCUT2D eigenvalue weighted by Gasteiger charge is 2.40. The van der Waals surface area contributed by atoms with Crippen molar-refractivity contribution in [3.63, 3.8) is 0 Å². The van der Waals surface area contributed by atoms with Gasteiger partial charge in [0.25, 0.3) is 10.0 Å². The number of nitrogens with zero attached hydrogens (tertiary/aromatic N) is 5. The normalized spacial score (nSPS) is 18.6. The van der Waals surface area contributed by atoms with Crippen molar-refractivity contribution in [2.24, 2.45) is 4.99 Å². The molecule has 0 unspecified atom stereocenters. The Bertz CT molecular complexity index is 1510. The summed E-state index contributed by atoms with van der Waals surface area (Å²) in [5.74, 6) is 0.581. The van der Waals surface area contributed by atoms with Crippen molar-refractivity contribution in [2.45, 2.75) is 75.6 Å². The number of amides is 1. The molecule has 0 aliphatic carbocycles. The molecule has 0 bridgehead atoms. The van der Waals surface area contributed by atoms with Crippen molar-refractivity contribution in [1.29, 1.82) is 0 Å². The summed E-state index contributed by atoms with van der Waals surface area (Å²) in [5, 5.41) is 4.78. The molecule has 2 aliphatic rings. The van der Waals surface area contributed by atoms with E-state index in [9.17, 15) is 13.2 Å². The first kappa shape index (κ1) is 29.6. The van der Waals surface area contributed by atoms with Crippen LogP contribution in [0.1, 0.15) is 64.6 Å². The van der Waals surface area contributed by atoms with Gasteiger partial charge >= 0.3 is 0 Å². The lowest BCUT2D eigenvalue weighted by Gasteiger charge is -2.39. The van der Waals surface area contributed by atoms with Crippen molar-refractivity contribution in [3.05, 3.63) is 47.7 Å². The van der Waals surface area contributed by atoms with Gasteiger partial charge in [-0.1, -0.05) is 38.7 Å². The molecule has 9 nitrogen and oxygen atoms in total. The van der Waals surface area contributed by atoms with E-state index in [1.165, 1.54) is 34.9 Å². The minimum Gasteiger partial charge on any atom is -0.325 e. The van der Waals surface area contributed by atoms with Gasteiger partial charge in [-0.2, -0.15) is 4.31 Å². The number of hydrogen-bond donors (Lipinski definition) is 1. The van der Waals surface area contributed by atoms with Crippen molar-refractivity contribution in [2.75, 3.05) is 31.5 Å². The molecule has 5 rings (SSSR count). The first-order valence-corrected chi connectivity index (χ1v) is 17.0. The molecule has 1 aromatic carbocycles. The van der Waals surface area contributed by atoms with Crippen molar-refractivity contribution >= 4 is 55.8 Å². The lowest BCUT2D eigenvalue weighted by Crippen LogP contribution is -2.59. The predicted octanol–water partition coefficient (Wildman–Crippen LogP) is 5.61. The van der Waals surface area contributed by atoms with Crippen LogP contribution in [0.25, 0.3) is 16.6 Å². The molecule has 0 radical (unpaired) electrons. The number of hydrogen-bond acceptors (Lipinski definition) is 7. The van der Waals surface area contributed by atoms with E-state index in [4.69, 9.17) is 4.98 Å². The third-order valence-corrected chi connectivity index (χ3v) is 11.1. The van der Waals surface area contributed by atoms with Crippen LogP contribution in [0.15, 0.2) is 51.1 Å². The first-order valence-electron chi connectivity index (χ1n) is 14.7. The van der Waals surface area contributed by atoms with E-state index in [2.05, 4.69) is 33.6 Å². The van der Waals surface area contributed by atoms with Crippen LogP contribution in [-0.2, 0) is 21.4 Å². The Morgan fingerprint density at radius 2 is 1.98 bits per heavy atom. The molecule has 11 heteroatoms. The average Bonchev–Trinajstić information content (AvgIpc) is 3.66. The number of rotatable bonds is 12. The van der Waals surface area contributed by atoms with E-state index >= 15 is 0 Å². The SMILES string of the molecule is CCCCCCCN1CCN(S(=O)(=O)c2cccs2)[C@H](C(=O)Nc2ccc3c(c2)nc(C2=CN=CCC2)n3CC)C1. The van der Waals surface area contributed by atoms with Gasteiger partial charge in [0, 0.05) is 49.9 Å². The molecule has 3 aromatic rings. The number of benzene rings is 1. The molecule has 2 aromatic heterocycles. The average molecular weight is 597 g/mol. The zero-order chi connectivity index (χ0) is 28.8. The first-order chi connectivity index (χ1) is 19.9. The number of fused-ring (bicyclic) bond motifs is 1.